The summed E-state index contributed by atoms with van der Waals surface area (Å²) in [6.07, 6.45) is 3.05. The number of nitrogens with one attached hydrogen (secondary N) is 2. The van der Waals surface area contributed by atoms with Gasteiger partial charge in [-0.05, 0) is 44.9 Å². The Morgan fingerprint density at radius 3 is 2.83 bits per heavy atom. The van der Waals surface area contributed by atoms with Gasteiger partial charge in [0.1, 0.15) is 6.54 Å². The van der Waals surface area contributed by atoms with Crippen molar-refractivity contribution < 1.29 is 9.53 Å². The lowest BCUT2D eigenvalue weighted by Crippen LogP contribution is -2.42. The van der Waals surface area contributed by atoms with E-state index in [2.05, 4.69) is 33.6 Å². The molecule has 1 aromatic rings. The highest BCUT2D eigenvalue weighted by atomic mass is 127. The Labute approximate surface area is 192 Å². The normalized spacial score (nSPS) is 13.7. The van der Waals surface area contributed by atoms with Crippen LogP contribution in [0.1, 0.15) is 25.3 Å². The van der Waals surface area contributed by atoms with Crippen LogP contribution in [0.5, 0.6) is 0 Å². The predicted molar refractivity (Wildman–Crippen MR) is 131 cm³/mol. The number of para-hydroxylation sites is 1. The minimum Gasteiger partial charge on any atom is -0.385 e. The van der Waals surface area contributed by atoms with Crippen LogP contribution in [0.4, 0.5) is 5.69 Å². The zero-order chi connectivity index (χ0) is 20.2. The third-order valence-corrected chi connectivity index (χ3v) is 4.80. The number of hydrogen-bond donors (Lipinski definition) is 2. The number of aryl methyl sites for hydroxylation is 1. The first-order valence-corrected chi connectivity index (χ1v) is 10.2. The number of carbonyl (C=O) groups excluding carboxylic acids is 1. The number of ether oxygens (including phenoxy) is 1. The van der Waals surface area contributed by atoms with Crippen LogP contribution in [-0.2, 0) is 16.0 Å². The van der Waals surface area contributed by atoms with E-state index in [0.717, 1.165) is 64.3 Å². The molecule has 7 nitrogen and oxygen atoms in total. The molecule has 0 saturated carbocycles. The number of benzene rings is 1. The van der Waals surface area contributed by atoms with Crippen LogP contribution in [0.15, 0.2) is 29.3 Å². The largest absolute Gasteiger partial charge is 0.385 e. The van der Waals surface area contributed by atoms with Gasteiger partial charge in [-0.2, -0.15) is 0 Å². The molecule has 1 aliphatic rings. The molecular formula is C21H36IN5O2. The van der Waals surface area contributed by atoms with Gasteiger partial charge in [0.05, 0.1) is 0 Å². The number of aliphatic imine (C=N–C) groups is 1. The van der Waals surface area contributed by atoms with Crippen LogP contribution in [0.3, 0.4) is 0 Å². The Kier molecular flexibility index (Phi) is 12.9. The SMILES string of the molecule is CCNC(=NCC(=O)N1CCCc2ccccc21)NCCN(C)CCCOC.I. The molecule has 0 radical (unpaired) electrons. The van der Waals surface area contributed by atoms with Crippen molar-refractivity contribution in [3.8, 4) is 0 Å². The van der Waals surface area contributed by atoms with Crippen molar-refractivity contribution in [1.82, 2.24) is 15.5 Å². The smallest absolute Gasteiger partial charge is 0.248 e. The van der Waals surface area contributed by atoms with E-state index in [0.29, 0.717) is 5.96 Å². The molecule has 1 heterocycles. The maximum atomic E-state index is 12.7. The zero-order valence-electron chi connectivity index (χ0n) is 17.9. The molecule has 2 rings (SSSR count). The van der Waals surface area contributed by atoms with E-state index in [1.165, 1.54) is 5.56 Å². The Morgan fingerprint density at radius 2 is 2.07 bits per heavy atom. The summed E-state index contributed by atoms with van der Waals surface area (Å²) in [5.74, 6) is 0.729. The minimum absolute atomic E-state index is 0. The summed E-state index contributed by atoms with van der Waals surface area (Å²) in [5.41, 5.74) is 2.28. The lowest BCUT2D eigenvalue weighted by Gasteiger charge is -2.29. The molecule has 0 atom stereocenters. The molecule has 0 aliphatic carbocycles. The second kappa shape index (κ2) is 14.6. The summed E-state index contributed by atoms with van der Waals surface area (Å²) in [6, 6.07) is 8.15. The number of fused-ring (bicyclic) bond motifs is 1. The topological polar surface area (TPSA) is 69.2 Å². The molecule has 0 saturated heterocycles. The first-order valence-electron chi connectivity index (χ1n) is 10.2. The lowest BCUT2D eigenvalue weighted by molar-refractivity contribution is -0.117. The van der Waals surface area contributed by atoms with Crippen molar-refractivity contribution in [2.45, 2.75) is 26.2 Å². The van der Waals surface area contributed by atoms with Crippen molar-refractivity contribution in [2.24, 2.45) is 4.99 Å². The van der Waals surface area contributed by atoms with Crippen LogP contribution >= 0.6 is 24.0 Å². The van der Waals surface area contributed by atoms with Gasteiger partial charge in [-0.25, -0.2) is 4.99 Å². The van der Waals surface area contributed by atoms with E-state index in [9.17, 15) is 4.79 Å². The summed E-state index contributed by atoms with van der Waals surface area (Å²) in [5, 5.41) is 6.53. The van der Waals surface area contributed by atoms with Gasteiger partial charge in [-0.3, -0.25) is 4.79 Å². The van der Waals surface area contributed by atoms with Crippen LogP contribution in [0.25, 0.3) is 0 Å². The van der Waals surface area contributed by atoms with E-state index in [4.69, 9.17) is 4.74 Å². The van der Waals surface area contributed by atoms with Crippen LogP contribution in [0, 0.1) is 0 Å². The van der Waals surface area contributed by atoms with Crippen molar-refractivity contribution in [2.75, 3.05) is 64.9 Å². The maximum Gasteiger partial charge on any atom is 0.248 e. The Bertz CT molecular complexity index is 641. The fourth-order valence-corrected chi connectivity index (χ4v) is 3.32. The molecular weight excluding hydrogens is 481 g/mol. The van der Waals surface area contributed by atoms with E-state index in [1.54, 1.807) is 7.11 Å². The molecule has 0 fully saturated rings. The van der Waals surface area contributed by atoms with Gasteiger partial charge >= 0.3 is 0 Å². The first kappa shape index (κ1) is 25.6. The van der Waals surface area contributed by atoms with Crippen molar-refractivity contribution >= 4 is 41.5 Å². The van der Waals surface area contributed by atoms with Crippen molar-refractivity contribution in [3.63, 3.8) is 0 Å². The Balaban J connectivity index is 0.00000420. The van der Waals surface area contributed by atoms with Crippen molar-refractivity contribution in [1.29, 1.82) is 0 Å². The Hall–Kier alpha value is -1.39. The summed E-state index contributed by atoms with van der Waals surface area (Å²) in [4.78, 5) is 21.4. The van der Waals surface area contributed by atoms with Gasteiger partial charge in [0.2, 0.25) is 5.91 Å². The van der Waals surface area contributed by atoms with Crippen molar-refractivity contribution in [3.05, 3.63) is 29.8 Å². The van der Waals surface area contributed by atoms with Crippen LogP contribution in [-0.4, -0.2) is 76.8 Å². The van der Waals surface area contributed by atoms with Gasteiger partial charge in [-0.15, -0.1) is 24.0 Å². The molecule has 0 aromatic heterocycles. The predicted octanol–water partition coefficient (Wildman–Crippen LogP) is 2.11. The number of likely N-dealkylation sites (N-methyl/N-ethyl adjacent to an activating group) is 1. The average molecular weight is 517 g/mol. The summed E-state index contributed by atoms with van der Waals surface area (Å²) in [6.45, 7) is 7.15. The number of carbonyl (C=O) groups is 1. The number of halogens is 1. The fourth-order valence-electron chi connectivity index (χ4n) is 3.32. The summed E-state index contributed by atoms with van der Waals surface area (Å²) in [7, 11) is 3.82. The quantitative estimate of drug-likeness (QED) is 0.216. The van der Waals surface area contributed by atoms with E-state index < -0.39 is 0 Å². The second-order valence-corrected chi connectivity index (χ2v) is 7.05. The summed E-state index contributed by atoms with van der Waals surface area (Å²) < 4.78 is 5.09. The van der Waals surface area contributed by atoms with Gasteiger partial charge in [0.15, 0.2) is 5.96 Å². The molecule has 0 unspecified atom stereocenters. The Morgan fingerprint density at radius 1 is 1.28 bits per heavy atom. The highest BCUT2D eigenvalue weighted by Gasteiger charge is 2.21. The molecule has 8 heteroatoms. The van der Waals surface area contributed by atoms with Crippen LogP contribution in [0.2, 0.25) is 0 Å². The van der Waals surface area contributed by atoms with Gasteiger partial charge < -0.3 is 25.2 Å². The number of hydrogen-bond acceptors (Lipinski definition) is 4. The number of methoxy groups -OCH3 is 1. The number of amides is 1. The van der Waals surface area contributed by atoms with Gasteiger partial charge in [0.25, 0.3) is 0 Å². The van der Waals surface area contributed by atoms with E-state index in [-0.39, 0.29) is 36.4 Å². The molecule has 29 heavy (non-hydrogen) atoms. The third-order valence-electron chi connectivity index (χ3n) is 4.80. The average Bonchev–Trinajstić information content (AvgIpc) is 2.71. The van der Waals surface area contributed by atoms with Gasteiger partial charge in [0, 0.05) is 52.1 Å². The standard InChI is InChI=1S/C21H35N5O2.HI/c1-4-22-21(23-12-15-25(2)13-8-16-28-3)24-17-20(27)26-14-7-10-18-9-5-6-11-19(18)26;/h5-6,9,11H,4,7-8,10,12-17H2,1-3H3,(H2,22,23,24);1H. The first-order chi connectivity index (χ1) is 13.7. The highest BCUT2D eigenvalue weighted by molar-refractivity contribution is 14.0. The number of guanidine groups is 1. The second-order valence-electron chi connectivity index (χ2n) is 7.05. The zero-order valence-corrected chi connectivity index (χ0v) is 20.3. The summed E-state index contributed by atoms with van der Waals surface area (Å²) >= 11 is 0. The number of rotatable bonds is 10. The molecule has 0 spiro atoms. The molecule has 1 aromatic carbocycles. The van der Waals surface area contributed by atoms with E-state index >= 15 is 0 Å². The molecule has 164 valence electrons. The number of anilines is 1. The van der Waals surface area contributed by atoms with E-state index in [1.807, 2.05) is 30.0 Å². The maximum absolute atomic E-state index is 12.7. The monoisotopic (exact) mass is 517 g/mol. The number of nitrogens with zero attached hydrogens (tertiary/aromatic N) is 3. The van der Waals surface area contributed by atoms with Crippen LogP contribution < -0.4 is 15.5 Å². The molecule has 2 N–H and O–H groups in total. The lowest BCUT2D eigenvalue weighted by atomic mass is 10.0. The van der Waals surface area contributed by atoms with Gasteiger partial charge in [-0.1, -0.05) is 18.2 Å². The molecule has 0 bridgehead atoms. The molecule has 1 amide bonds. The third kappa shape index (κ3) is 8.88. The fraction of sp³-hybridized carbons (Fsp3) is 0.619. The molecule has 1 aliphatic heterocycles. The highest BCUT2D eigenvalue weighted by Crippen LogP contribution is 2.26. The minimum atomic E-state index is 0.